The summed E-state index contributed by atoms with van der Waals surface area (Å²) in [6, 6.07) is 20.5. The van der Waals surface area contributed by atoms with Crippen molar-refractivity contribution in [2.24, 2.45) is 4.99 Å². The average molecular weight is 506 g/mol. The van der Waals surface area contributed by atoms with Crippen molar-refractivity contribution >= 4 is 11.7 Å². The molecule has 2 aliphatic rings. The number of aromatic nitrogens is 5. The number of tetrazole rings is 1. The van der Waals surface area contributed by atoms with Crippen LogP contribution in [-0.4, -0.2) is 47.8 Å². The highest BCUT2D eigenvalue weighted by Gasteiger charge is 2.49. The van der Waals surface area contributed by atoms with Gasteiger partial charge in [0.2, 0.25) is 0 Å². The van der Waals surface area contributed by atoms with Crippen LogP contribution in [0, 0.1) is 0 Å². The van der Waals surface area contributed by atoms with E-state index in [9.17, 15) is 4.79 Å². The molecular weight excluding hydrogens is 474 g/mol. The lowest BCUT2D eigenvalue weighted by Crippen LogP contribution is -2.40. The monoisotopic (exact) mass is 505 g/mol. The first-order chi connectivity index (χ1) is 18.7. The standard InChI is InChI=1S/C30H31N7O/c1-2-3-11-27-32-30(16-7-8-17-30)29(38)37(27)20-21-12-15-26(31-19-21)25-18-23(22-9-5-4-6-10-22)13-14-24(25)28-33-35-36-34-28/h4-6,9-10,12-15,18-19H,2-3,7-8,11,16-17,20H2,1H3,(H,33,34,35,36). The number of H-pyrrole nitrogens is 1. The van der Waals surface area contributed by atoms with Gasteiger partial charge in [0.1, 0.15) is 11.4 Å². The van der Waals surface area contributed by atoms with Gasteiger partial charge in [-0.15, -0.1) is 5.10 Å². The van der Waals surface area contributed by atoms with E-state index in [0.29, 0.717) is 12.4 Å². The van der Waals surface area contributed by atoms with Gasteiger partial charge in [-0.3, -0.25) is 19.7 Å². The first kappa shape index (κ1) is 24.2. The fourth-order valence-electron chi connectivity index (χ4n) is 5.60. The minimum atomic E-state index is -0.520. The molecule has 1 amide bonds. The fourth-order valence-corrected chi connectivity index (χ4v) is 5.60. The molecule has 0 radical (unpaired) electrons. The van der Waals surface area contributed by atoms with Crippen molar-refractivity contribution in [1.82, 2.24) is 30.5 Å². The first-order valence-electron chi connectivity index (χ1n) is 13.5. The lowest BCUT2D eigenvalue weighted by atomic mass is 9.96. The third-order valence-corrected chi connectivity index (χ3v) is 7.65. The molecule has 0 atom stereocenters. The number of hydrogen-bond acceptors (Lipinski definition) is 6. The first-order valence-corrected chi connectivity index (χ1v) is 13.5. The van der Waals surface area contributed by atoms with Crippen molar-refractivity contribution in [2.75, 3.05) is 0 Å². The molecule has 192 valence electrons. The van der Waals surface area contributed by atoms with Crippen LogP contribution in [0.2, 0.25) is 0 Å². The number of benzene rings is 2. The summed E-state index contributed by atoms with van der Waals surface area (Å²) in [5.41, 5.74) is 5.31. The molecule has 1 saturated carbocycles. The van der Waals surface area contributed by atoms with Gasteiger partial charge in [0.05, 0.1) is 12.2 Å². The Hall–Kier alpha value is -4.20. The molecule has 0 saturated heterocycles. The number of hydrogen-bond donors (Lipinski definition) is 1. The van der Waals surface area contributed by atoms with Crippen LogP contribution in [0.15, 0.2) is 71.9 Å². The number of nitrogens with zero attached hydrogens (tertiary/aromatic N) is 6. The highest BCUT2D eigenvalue weighted by atomic mass is 16.2. The van der Waals surface area contributed by atoms with Crippen LogP contribution in [0.3, 0.4) is 0 Å². The van der Waals surface area contributed by atoms with Crippen molar-refractivity contribution in [2.45, 2.75) is 64.0 Å². The van der Waals surface area contributed by atoms with Gasteiger partial charge in [-0.25, -0.2) is 5.10 Å². The summed E-state index contributed by atoms with van der Waals surface area (Å²) in [6.07, 6.45) is 8.71. The Bertz CT molecular complexity index is 1440. The van der Waals surface area contributed by atoms with Gasteiger partial charge in [-0.05, 0) is 64.6 Å². The zero-order chi connectivity index (χ0) is 26.0. The Morgan fingerprint density at radius 2 is 1.82 bits per heavy atom. The predicted octanol–water partition coefficient (Wildman–Crippen LogP) is 5.84. The summed E-state index contributed by atoms with van der Waals surface area (Å²) in [6.45, 7) is 2.67. The largest absolute Gasteiger partial charge is 0.294 e. The van der Waals surface area contributed by atoms with Crippen molar-refractivity contribution in [3.8, 4) is 33.8 Å². The van der Waals surface area contributed by atoms with E-state index in [-0.39, 0.29) is 5.91 Å². The second-order valence-corrected chi connectivity index (χ2v) is 10.2. The molecule has 1 aliphatic carbocycles. The summed E-state index contributed by atoms with van der Waals surface area (Å²) in [5.74, 6) is 1.70. The summed E-state index contributed by atoms with van der Waals surface area (Å²) < 4.78 is 0. The van der Waals surface area contributed by atoms with Gasteiger partial charge in [-0.1, -0.05) is 68.7 Å². The molecule has 6 rings (SSSR count). The number of aliphatic imine (C=N–C) groups is 1. The van der Waals surface area contributed by atoms with Gasteiger partial charge in [0.25, 0.3) is 5.91 Å². The molecule has 1 spiro atoms. The van der Waals surface area contributed by atoms with Gasteiger partial charge in [0.15, 0.2) is 5.82 Å². The lowest BCUT2D eigenvalue weighted by molar-refractivity contribution is -0.131. The molecule has 1 fully saturated rings. The van der Waals surface area contributed by atoms with Crippen LogP contribution in [0.4, 0.5) is 0 Å². The highest BCUT2D eigenvalue weighted by molar-refractivity contribution is 6.08. The Morgan fingerprint density at radius 1 is 0.974 bits per heavy atom. The van der Waals surface area contributed by atoms with Crippen LogP contribution in [0.25, 0.3) is 33.8 Å². The van der Waals surface area contributed by atoms with Crippen molar-refractivity contribution < 1.29 is 4.79 Å². The molecule has 4 aromatic rings. The maximum Gasteiger partial charge on any atom is 0.256 e. The number of carbonyl (C=O) groups excluding carboxylic acids is 1. The second-order valence-electron chi connectivity index (χ2n) is 10.2. The lowest BCUT2D eigenvalue weighted by Gasteiger charge is -2.22. The molecule has 8 heteroatoms. The van der Waals surface area contributed by atoms with Crippen molar-refractivity contribution in [3.63, 3.8) is 0 Å². The SMILES string of the molecule is CCCCC1=NC2(CCCC2)C(=O)N1Cc1ccc(-c2cc(-c3ccccc3)ccc2-c2nnn[nH]2)nc1. The smallest absolute Gasteiger partial charge is 0.256 e. The minimum Gasteiger partial charge on any atom is -0.294 e. The number of carbonyl (C=O) groups is 1. The van der Waals surface area contributed by atoms with Crippen LogP contribution in [0.1, 0.15) is 57.4 Å². The Balaban J connectivity index is 1.30. The van der Waals surface area contributed by atoms with Gasteiger partial charge < -0.3 is 0 Å². The van der Waals surface area contributed by atoms with Gasteiger partial charge in [0, 0.05) is 23.7 Å². The molecule has 8 nitrogen and oxygen atoms in total. The average Bonchev–Trinajstić information content (AvgIpc) is 3.72. The molecule has 0 bridgehead atoms. The van der Waals surface area contributed by atoms with Crippen LogP contribution >= 0.6 is 0 Å². The van der Waals surface area contributed by atoms with Crippen LogP contribution in [-0.2, 0) is 11.3 Å². The highest BCUT2D eigenvalue weighted by Crippen LogP contribution is 2.40. The topological polar surface area (TPSA) is 100 Å². The predicted molar refractivity (Wildman–Crippen MR) is 147 cm³/mol. The molecule has 38 heavy (non-hydrogen) atoms. The molecule has 2 aromatic carbocycles. The Kier molecular flexibility index (Phi) is 6.54. The fraction of sp³-hybridized carbons (Fsp3) is 0.333. The summed E-state index contributed by atoms with van der Waals surface area (Å²) >= 11 is 0. The molecule has 1 aliphatic heterocycles. The molecule has 1 N–H and O–H groups in total. The summed E-state index contributed by atoms with van der Waals surface area (Å²) in [4.78, 5) is 25.3. The summed E-state index contributed by atoms with van der Waals surface area (Å²) in [7, 11) is 0. The van der Waals surface area contributed by atoms with Gasteiger partial charge >= 0.3 is 0 Å². The quantitative estimate of drug-likeness (QED) is 0.324. The van der Waals surface area contributed by atoms with Crippen LogP contribution < -0.4 is 0 Å². The maximum atomic E-state index is 13.5. The Morgan fingerprint density at radius 3 is 2.53 bits per heavy atom. The molecule has 2 aromatic heterocycles. The molecular formula is C30H31N7O. The number of aromatic amines is 1. The number of amidine groups is 1. The van der Waals surface area contributed by atoms with E-state index >= 15 is 0 Å². The van der Waals surface area contributed by atoms with E-state index in [0.717, 1.165) is 84.3 Å². The maximum absolute atomic E-state index is 13.5. The summed E-state index contributed by atoms with van der Waals surface area (Å²) in [5, 5.41) is 14.5. The third kappa shape index (κ3) is 4.51. The number of rotatable bonds is 8. The van der Waals surface area contributed by atoms with Crippen LogP contribution in [0.5, 0.6) is 0 Å². The van der Waals surface area contributed by atoms with E-state index in [1.54, 1.807) is 0 Å². The minimum absolute atomic E-state index is 0.167. The number of nitrogens with one attached hydrogen (secondary N) is 1. The van der Waals surface area contributed by atoms with Gasteiger partial charge in [-0.2, -0.15) is 0 Å². The second kappa shape index (κ2) is 10.3. The van der Waals surface area contributed by atoms with E-state index in [4.69, 9.17) is 9.98 Å². The number of amides is 1. The molecule has 0 unspecified atom stereocenters. The van der Waals surface area contributed by atoms with E-state index in [1.807, 2.05) is 41.4 Å². The molecule has 3 heterocycles. The number of pyridine rings is 1. The number of unbranched alkanes of at least 4 members (excludes halogenated alkanes) is 1. The zero-order valence-corrected chi connectivity index (χ0v) is 21.6. The zero-order valence-electron chi connectivity index (χ0n) is 21.6. The van der Waals surface area contributed by atoms with Crippen molar-refractivity contribution in [3.05, 3.63) is 72.4 Å². The third-order valence-electron chi connectivity index (χ3n) is 7.65. The van der Waals surface area contributed by atoms with Crippen molar-refractivity contribution in [1.29, 1.82) is 0 Å². The normalized spacial score (nSPS) is 16.4. The van der Waals surface area contributed by atoms with E-state index in [1.165, 1.54) is 0 Å². The Labute approximate surface area is 222 Å². The van der Waals surface area contributed by atoms with E-state index < -0.39 is 5.54 Å². The van der Waals surface area contributed by atoms with E-state index in [2.05, 4.69) is 57.9 Å².